The van der Waals surface area contributed by atoms with Gasteiger partial charge in [0.1, 0.15) is 19.0 Å². The number of phenols is 1. The van der Waals surface area contributed by atoms with Crippen LogP contribution >= 0.6 is 7.82 Å². The number of hydrogen-bond donors (Lipinski definition) is 2. The number of unbranched alkanes of at least 4 members (excludes halogenated alkanes) is 2. The zero-order valence-corrected chi connectivity index (χ0v) is 25.7. The van der Waals surface area contributed by atoms with Crippen LogP contribution in [0.4, 0.5) is 10.5 Å². The van der Waals surface area contributed by atoms with E-state index in [1.807, 2.05) is 30.3 Å². The molecule has 1 unspecified atom stereocenters. The SMILES string of the molecule is NCCOP(=O)(OCCCCCC(=O)OCc1ccccc1)Oc1cn(C(=O)OCc2ccc([N+](=O)[O-])cc2)c2ccc(O)cc12. The predicted molar refractivity (Wildman–Crippen MR) is 166 cm³/mol. The van der Waals surface area contributed by atoms with E-state index in [-0.39, 0.29) is 73.5 Å². The molecular weight excluding hydrogens is 621 g/mol. The van der Waals surface area contributed by atoms with E-state index in [1.54, 1.807) is 0 Å². The minimum Gasteiger partial charge on any atom is -0.508 e. The molecule has 1 aromatic heterocycles. The summed E-state index contributed by atoms with van der Waals surface area (Å²) in [6.07, 6.45) is 2.15. The first-order valence-corrected chi connectivity index (χ1v) is 15.9. The van der Waals surface area contributed by atoms with Gasteiger partial charge in [0.25, 0.3) is 5.69 Å². The van der Waals surface area contributed by atoms with Gasteiger partial charge in [-0.3, -0.25) is 24.0 Å². The van der Waals surface area contributed by atoms with Crippen LogP contribution < -0.4 is 10.3 Å². The van der Waals surface area contributed by atoms with Crippen molar-refractivity contribution in [2.45, 2.75) is 38.9 Å². The first-order valence-electron chi connectivity index (χ1n) is 14.4. The maximum absolute atomic E-state index is 13.6. The summed E-state index contributed by atoms with van der Waals surface area (Å²) in [5, 5.41) is 21.2. The van der Waals surface area contributed by atoms with Gasteiger partial charge < -0.3 is 24.8 Å². The molecule has 3 aromatic carbocycles. The number of aromatic nitrogens is 1. The fraction of sp³-hybridized carbons (Fsp3) is 0.290. The number of nitrogens with zero attached hydrogens (tertiary/aromatic N) is 2. The van der Waals surface area contributed by atoms with Crippen molar-refractivity contribution < 1.29 is 47.2 Å². The Bertz CT molecular complexity index is 1680. The summed E-state index contributed by atoms with van der Waals surface area (Å²) >= 11 is 0. The van der Waals surface area contributed by atoms with E-state index in [2.05, 4.69) is 0 Å². The number of esters is 1. The number of phosphoric ester groups is 1. The number of carbonyl (C=O) groups excluding carboxylic acids is 2. The molecule has 244 valence electrons. The molecule has 0 bridgehead atoms. The third-order valence-corrected chi connectivity index (χ3v) is 7.97. The zero-order valence-electron chi connectivity index (χ0n) is 24.8. The Hall–Kier alpha value is -4.75. The smallest absolute Gasteiger partial charge is 0.508 e. The summed E-state index contributed by atoms with van der Waals surface area (Å²) < 4.78 is 41.9. The van der Waals surface area contributed by atoms with Gasteiger partial charge in [-0.2, -0.15) is 0 Å². The number of nitrogens with two attached hydrogens (primary N) is 1. The number of aromatic hydroxyl groups is 1. The Morgan fingerprint density at radius 3 is 2.30 bits per heavy atom. The number of carbonyl (C=O) groups is 2. The highest BCUT2D eigenvalue weighted by Crippen LogP contribution is 2.51. The number of nitro benzene ring substituents is 1. The summed E-state index contributed by atoms with van der Waals surface area (Å²) in [6.45, 7) is -0.128. The number of rotatable bonds is 17. The van der Waals surface area contributed by atoms with E-state index < -0.39 is 18.8 Å². The number of hydrogen-bond acceptors (Lipinski definition) is 12. The van der Waals surface area contributed by atoms with Crippen molar-refractivity contribution in [2.24, 2.45) is 5.73 Å². The van der Waals surface area contributed by atoms with Crippen molar-refractivity contribution in [3.05, 3.63) is 100 Å². The normalized spacial score (nSPS) is 12.4. The van der Waals surface area contributed by atoms with Crippen molar-refractivity contribution in [1.29, 1.82) is 0 Å². The summed E-state index contributed by atoms with van der Waals surface area (Å²) in [5.41, 5.74) is 7.12. The fourth-order valence-electron chi connectivity index (χ4n) is 4.25. The minimum atomic E-state index is -4.26. The summed E-state index contributed by atoms with van der Waals surface area (Å²) in [7, 11) is -4.26. The number of phosphoric acid groups is 1. The molecule has 15 heteroatoms. The van der Waals surface area contributed by atoms with Crippen LogP contribution in [0.5, 0.6) is 11.5 Å². The van der Waals surface area contributed by atoms with Gasteiger partial charge in [0.15, 0.2) is 5.75 Å². The Labute approximate surface area is 264 Å². The first-order chi connectivity index (χ1) is 22.2. The van der Waals surface area contributed by atoms with E-state index in [0.29, 0.717) is 24.8 Å². The van der Waals surface area contributed by atoms with Crippen LogP contribution in [0.2, 0.25) is 0 Å². The second kappa shape index (κ2) is 16.5. The number of benzene rings is 3. The highest BCUT2D eigenvalue weighted by molar-refractivity contribution is 7.49. The predicted octanol–water partition coefficient (Wildman–Crippen LogP) is 6.22. The lowest BCUT2D eigenvalue weighted by Gasteiger charge is -2.18. The van der Waals surface area contributed by atoms with Gasteiger partial charge in [-0.15, -0.1) is 0 Å². The van der Waals surface area contributed by atoms with Gasteiger partial charge in [0.2, 0.25) is 0 Å². The quantitative estimate of drug-likeness (QED) is 0.0429. The molecule has 0 aliphatic heterocycles. The third-order valence-electron chi connectivity index (χ3n) is 6.55. The molecule has 0 amide bonds. The monoisotopic (exact) mass is 655 g/mol. The Morgan fingerprint density at radius 2 is 1.59 bits per heavy atom. The van der Waals surface area contributed by atoms with E-state index in [0.717, 1.165) is 10.1 Å². The van der Waals surface area contributed by atoms with E-state index >= 15 is 0 Å². The van der Waals surface area contributed by atoms with Gasteiger partial charge in [-0.1, -0.05) is 36.8 Å². The maximum Gasteiger partial charge on any atom is 0.530 e. The van der Waals surface area contributed by atoms with Crippen molar-refractivity contribution >= 4 is 36.5 Å². The fourth-order valence-corrected chi connectivity index (χ4v) is 5.50. The molecule has 0 saturated carbocycles. The number of ether oxygens (including phenoxy) is 2. The Kier molecular flexibility index (Phi) is 12.3. The van der Waals surface area contributed by atoms with Crippen LogP contribution in [0.25, 0.3) is 10.9 Å². The molecule has 1 heterocycles. The van der Waals surface area contributed by atoms with E-state index in [9.17, 15) is 29.4 Å². The number of phenolic OH excluding ortho intramolecular Hbond substituents is 1. The first kappa shape index (κ1) is 34.1. The lowest BCUT2D eigenvalue weighted by Crippen LogP contribution is -2.13. The molecule has 0 saturated heterocycles. The highest BCUT2D eigenvalue weighted by atomic mass is 31.2. The molecule has 0 fully saturated rings. The van der Waals surface area contributed by atoms with Crippen LogP contribution in [0.3, 0.4) is 0 Å². The lowest BCUT2D eigenvalue weighted by atomic mass is 10.2. The molecular formula is C31H34N3O11P. The van der Waals surface area contributed by atoms with Gasteiger partial charge >= 0.3 is 19.9 Å². The molecule has 0 radical (unpaired) electrons. The van der Waals surface area contributed by atoms with Crippen molar-refractivity contribution in [3.8, 4) is 11.5 Å². The molecule has 3 N–H and O–H groups in total. The topological polar surface area (TPSA) is 192 Å². The van der Waals surface area contributed by atoms with E-state index in [1.165, 1.54) is 48.7 Å². The molecule has 0 aliphatic carbocycles. The molecule has 4 aromatic rings. The number of nitro groups is 1. The number of fused-ring (bicyclic) bond motifs is 1. The van der Waals surface area contributed by atoms with Crippen LogP contribution in [0.15, 0.2) is 79.0 Å². The standard InChI is InChI=1S/C31H34N3O11P/c32-16-18-44-46(40,43-17-6-2-5-9-30(36)41-21-23-7-3-1-4-8-23)45-29-20-33(28-15-14-26(35)19-27(28)29)31(37)42-22-24-10-12-25(13-11-24)34(38)39/h1,3-4,7-8,10-15,19-20,35H,2,5-6,9,16-18,21-22,32H2. The van der Waals surface area contributed by atoms with Gasteiger partial charge in [-0.25, -0.2) is 13.9 Å². The molecule has 1 atom stereocenters. The van der Waals surface area contributed by atoms with Crippen LogP contribution in [-0.2, 0) is 41.1 Å². The summed E-state index contributed by atoms with van der Waals surface area (Å²) in [6, 6.07) is 19.0. The summed E-state index contributed by atoms with van der Waals surface area (Å²) in [5.74, 6) is -0.550. The largest absolute Gasteiger partial charge is 0.530 e. The highest BCUT2D eigenvalue weighted by Gasteiger charge is 2.31. The van der Waals surface area contributed by atoms with Crippen LogP contribution in [-0.4, -0.2) is 46.4 Å². The van der Waals surface area contributed by atoms with Crippen molar-refractivity contribution in [2.75, 3.05) is 19.8 Å². The maximum atomic E-state index is 13.6. The molecule has 0 aliphatic rings. The summed E-state index contributed by atoms with van der Waals surface area (Å²) in [4.78, 5) is 35.4. The van der Waals surface area contributed by atoms with E-state index in [4.69, 9.17) is 28.8 Å². The Balaban J connectivity index is 1.35. The molecule has 4 rings (SSSR count). The zero-order chi connectivity index (χ0) is 32.9. The average molecular weight is 656 g/mol. The van der Waals surface area contributed by atoms with Crippen LogP contribution in [0.1, 0.15) is 36.8 Å². The second-order valence-corrected chi connectivity index (χ2v) is 11.6. The lowest BCUT2D eigenvalue weighted by molar-refractivity contribution is -0.384. The average Bonchev–Trinajstić information content (AvgIpc) is 3.40. The van der Waals surface area contributed by atoms with Gasteiger partial charge in [0, 0.05) is 30.5 Å². The van der Waals surface area contributed by atoms with Gasteiger partial charge in [-0.05, 0) is 54.3 Å². The molecule has 0 spiro atoms. The van der Waals surface area contributed by atoms with Gasteiger partial charge in [0.05, 0.1) is 29.9 Å². The number of non-ortho nitro benzene ring substituents is 1. The minimum absolute atomic E-state index is 0.0257. The second-order valence-electron chi connectivity index (χ2n) is 9.99. The van der Waals surface area contributed by atoms with Crippen LogP contribution in [0, 0.1) is 10.1 Å². The Morgan fingerprint density at radius 1 is 0.891 bits per heavy atom. The van der Waals surface area contributed by atoms with Crippen molar-refractivity contribution in [1.82, 2.24) is 4.57 Å². The van der Waals surface area contributed by atoms with Crippen molar-refractivity contribution in [3.63, 3.8) is 0 Å². The molecule has 14 nitrogen and oxygen atoms in total. The third kappa shape index (κ3) is 9.88. The molecule has 46 heavy (non-hydrogen) atoms.